The van der Waals surface area contributed by atoms with Crippen molar-refractivity contribution in [1.29, 1.82) is 0 Å². The molecule has 7 nitrogen and oxygen atoms in total. The van der Waals surface area contributed by atoms with Crippen molar-refractivity contribution in [3.8, 4) is 11.5 Å². The first-order valence-corrected chi connectivity index (χ1v) is 7.58. The Labute approximate surface area is 129 Å². The minimum Gasteiger partial charge on any atom is -0.324 e. The molecule has 2 aromatic heterocycles. The number of nitrogens with one attached hydrogen (secondary N) is 1. The predicted octanol–water partition coefficient (Wildman–Crippen LogP) is 2.55. The van der Waals surface area contributed by atoms with Crippen LogP contribution in [0.15, 0.2) is 24.5 Å². The summed E-state index contributed by atoms with van der Waals surface area (Å²) in [5.74, 6) is 1.24. The van der Waals surface area contributed by atoms with Crippen LogP contribution in [-0.2, 0) is 0 Å². The standard InChI is InChI=1S/C15H20N6O/c1-11(2)21-10-16-19-14(21)12-6-5-7-13(17-12)18-15(22)20-8-3-4-9-20/h5-7,10-11H,3-4,8-9H2,1-2H3,(H,17,18,22). The van der Waals surface area contributed by atoms with Crippen LogP contribution in [0.5, 0.6) is 0 Å². The van der Waals surface area contributed by atoms with Gasteiger partial charge < -0.3 is 9.47 Å². The molecule has 116 valence electrons. The van der Waals surface area contributed by atoms with Crippen molar-refractivity contribution in [2.24, 2.45) is 0 Å². The number of carbonyl (C=O) groups is 1. The summed E-state index contributed by atoms with van der Waals surface area (Å²) >= 11 is 0. The summed E-state index contributed by atoms with van der Waals surface area (Å²) in [5, 5.41) is 10.9. The molecule has 0 aliphatic carbocycles. The molecule has 1 N–H and O–H groups in total. The van der Waals surface area contributed by atoms with Crippen LogP contribution in [0.1, 0.15) is 32.7 Å². The zero-order valence-corrected chi connectivity index (χ0v) is 12.9. The van der Waals surface area contributed by atoms with Gasteiger partial charge in [-0.1, -0.05) is 6.07 Å². The molecule has 0 aromatic carbocycles. The molecule has 2 amide bonds. The molecule has 1 fully saturated rings. The first-order chi connectivity index (χ1) is 10.6. The lowest BCUT2D eigenvalue weighted by molar-refractivity contribution is 0.222. The quantitative estimate of drug-likeness (QED) is 0.945. The molecule has 3 rings (SSSR count). The van der Waals surface area contributed by atoms with E-state index in [-0.39, 0.29) is 12.1 Å². The fourth-order valence-electron chi connectivity index (χ4n) is 2.54. The number of rotatable bonds is 3. The average Bonchev–Trinajstić information content (AvgIpc) is 3.19. The van der Waals surface area contributed by atoms with E-state index in [4.69, 9.17) is 0 Å². The lowest BCUT2D eigenvalue weighted by Crippen LogP contribution is -2.32. The van der Waals surface area contributed by atoms with Gasteiger partial charge in [0.15, 0.2) is 5.82 Å². The number of urea groups is 1. The molecule has 22 heavy (non-hydrogen) atoms. The largest absolute Gasteiger partial charge is 0.324 e. The number of anilines is 1. The Kier molecular flexibility index (Phi) is 4.04. The molecule has 0 spiro atoms. The number of aromatic nitrogens is 4. The van der Waals surface area contributed by atoms with Crippen LogP contribution in [0.25, 0.3) is 11.5 Å². The Morgan fingerprint density at radius 1 is 1.27 bits per heavy atom. The monoisotopic (exact) mass is 300 g/mol. The van der Waals surface area contributed by atoms with E-state index in [1.54, 1.807) is 12.4 Å². The minimum absolute atomic E-state index is 0.0903. The first kappa shape index (κ1) is 14.5. The van der Waals surface area contributed by atoms with Gasteiger partial charge in [-0.3, -0.25) is 5.32 Å². The van der Waals surface area contributed by atoms with Gasteiger partial charge in [-0.25, -0.2) is 9.78 Å². The summed E-state index contributed by atoms with van der Waals surface area (Å²) in [6, 6.07) is 5.67. The molecule has 1 saturated heterocycles. The summed E-state index contributed by atoms with van der Waals surface area (Å²) < 4.78 is 1.95. The van der Waals surface area contributed by atoms with Gasteiger partial charge in [0.25, 0.3) is 0 Å². The molecule has 3 heterocycles. The summed E-state index contributed by atoms with van der Waals surface area (Å²) in [4.78, 5) is 18.4. The highest BCUT2D eigenvalue weighted by atomic mass is 16.2. The summed E-state index contributed by atoms with van der Waals surface area (Å²) in [5.41, 5.74) is 0.699. The minimum atomic E-state index is -0.0903. The van der Waals surface area contributed by atoms with E-state index >= 15 is 0 Å². The fraction of sp³-hybridized carbons (Fsp3) is 0.467. The SMILES string of the molecule is CC(C)n1cnnc1-c1cccc(NC(=O)N2CCCC2)n1. The molecular weight excluding hydrogens is 280 g/mol. The Balaban J connectivity index is 1.80. The van der Waals surface area contributed by atoms with E-state index in [1.165, 1.54) is 0 Å². The summed E-state index contributed by atoms with van der Waals surface area (Å²) in [7, 11) is 0. The number of hydrogen-bond acceptors (Lipinski definition) is 4. The molecule has 0 unspecified atom stereocenters. The van der Waals surface area contributed by atoms with Crippen molar-refractivity contribution < 1.29 is 4.79 Å². The maximum absolute atomic E-state index is 12.1. The maximum Gasteiger partial charge on any atom is 0.323 e. The molecule has 0 bridgehead atoms. The molecule has 0 radical (unpaired) electrons. The highest BCUT2D eigenvalue weighted by molar-refractivity contribution is 5.88. The van der Waals surface area contributed by atoms with Gasteiger partial charge in [0.05, 0.1) is 0 Å². The van der Waals surface area contributed by atoms with Gasteiger partial charge in [-0.2, -0.15) is 0 Å². The topological polar surface area (TPSA) is 75.9 Å². The Bertz CT molecular complexity index is 660. The van der Waals surface area contributed by atoms with Gasteiger partial charge in [-0.15, -0.1) is 10.2 Å². The number of amides is 2. The summed E-state index contributed by atoms with van der Waals surface area (Å²) in [6.07, 6.45) is 3.83. The number of pyridine rings is 1. The smallest absolute Gasteiger partial charge is 0.323 e. The molecule has 1 aliphatic heterocycles. The van der Waals surface area contributed by atoms with Crippen LogP contribution in [0.2, 0.25) is 0 Å². The van der Waals surface area contributed by atoms with Gasteiger partial charge in [-0.05, 0) is 38.8 Å². The second kappa shape index (κ2) is 6.13. The van der Waals surface area contributed by atoms with Crippen molar-refractivity contribution in [3.05, 3.63) is 24.5 Å². The normalized spacial score (nSPS) is 14.6. The van der Waals surface area contributed by atoms with Crippen molar-refractivity contribution in [2.75, 3.05) is 18.4 Å². The van der Waals surface area contributed by atoms with Crippen molar-refractivity contribution >= 4 is 11.8 Å². The number of likely N-dealkylation sites (tertiary alicyclic amines) is 1. The fourth-order valence-corrected chi connectivity index (χ4v) is 2.54. The van der Waals surface area contributed by atoms with Crippen LogP contribution in [0, 0.1) is 0 Å². The number of hydrogen-bond donors (Lipinski definition) is 1. The summed E-state index contributed by atoms with van der Waals surface area (Å²) in [6.45, 7) is 5.75. The maximum atomic E-state index is 12.1. The van der Waals surface area contributed by atoms with Gasteiger partial charge in [0.2, 0.25) is 0 Å². The predicted molar refractivity (Wildman–Crippen MR) is 83.5 cm³/mol. The van der Waals surface area contributed by atoms with Crippen molar-refractivity contribution in [1.82, 2.24) is 24.6 Å². The van der Waals surface area contributed by atoms with Crippen molar-refractivity contribution in [2.45, 2.75) is 32.7 Å². The van der Waals surface area contributed by atoms with E-state index in [0.29, 0.717) is 17.3 Å². The van der Waals surface area contributed by atoms with Crippen LogP contribution in [0.3, 0.4) is 0 Å². The Morgan fingerprint density at radius 2 is 2.05 bits per heavy atom. The van der Waals surface area contributed by atoms with E-state index < -0.39 is 0 Å². The Morgan fingerprint density at radius 3 is 2.77 bits per heavy atom. The van der Waals surface area contributed by atoms with Crippen LogP contribution >= 0.6 is 0 Å². The van der Waals surface area contributed by atoms with Gasteiger partial charge in [0.1, 0.15) is 17.8 Å². The zero-order valence-electron chi connectivity index (χ0n) is 12.9. The average molecular weight is 300 g/mol. The molecule has 2 aromatic rings. The molecule has 0 atom stereocenters. The third kappa shape index (κ3) is 2.93. The van der Waals surface area contributed by atoms with Crippen LogP contribution < -0.4 is 5.32 Å². The van der Waals surface area contributed by atoms with Crippen LogP contribution in [-0.4, -0.2) is 43.8 Å². The lowest BCUT2D eigenvalue weighted by Gasteiger charge is -2.16. The Hall–Kier alpha value is -2.44. The molecule has 0 saturated carbocycles. The first-order valence-electron chi connectivity index (χ1n) is 7.58. The number of carbonyl (C=O) groups excluding carboxylic acids is 1. The van der Waals surface area contributed by atoms with Crippen LogP contribution in [0.4, 0.5) is 10.6 Å². The highest BCUT2D eigenvalue weighted by Crippen LogP contribution is 2.20. The van der Waals surface area contributed by atoms with Gasteiger partial charge in [0, 0.05) is 19.1 Å². The third-order valence-corrected chi connectivity index (χ3v) is 3.74. The zero-order chi connectivity index (χ0) is 15.5. The molecular formula is C15H20N6O. The second-order valence-electron chi connectivity index (χ2n) is 5.69. The third-order valence-electron chi connectivity index (χ3n) is 3.74. The number of nitrogens with zero attached hydrogens (tertiary/aromatic N) is 5. The van der Waals surface area contributed by atoms with E-state index in [9.17, 15) is 4.79 Å². The van der Waals surface area contributed by atoms with E-state index in [2.05, 4.69) is 34.3 Å². The molecule has 7 heteroatoms. The van der Waals surface area contributed by atoms with E-state index in [0.717, 1.165) is 25.9 Å². The lowest BCUT2D eigenvalue weighted by atomic mass is 10.3. The van der Waals surface area contributed by atoms with Gasteiger partial charge >= 0.3 is 6.03 Å². The van der Waals surface area contributed by atoms with E-state index in [1.807, 2.05) is 21.6 Å². The molecule has 1 aliphatic rings. The highest BCUT2D eigenvalue weighted by Gasteiger charge is 2.18. The second-order valence-corrected chi connectivity index (χ2v) is 5.69. The van der Waals surface area contributed by atoms with Crippen molar-refractivity contribution in [3.63, 3.8) is 0 Å².